The predicted molar refractivity (Wildman–Crippen MR) is 122 cm³/mol. The van der Waals surface area contributed by atoms with E-state index < -0.39 is 46.2 Å². The van der Waals surface area contributed by atoms with Crippen LogP contribution < -0.4 is 10.2 Å². The first-order valence-corrected chi connectivity index (χ1v) is 10.4. The Kier molecular flexibility index (Phi) is 5.46. The summed E-state index contributed by atoms with van der Waals surface area (Å²) in [5.74, 6) is -10.7. The smallest absolute Gasteiger partial charge is 0.320 e. The first-order valence-electron chi connectivity index (χ1n) is 10.1. The highest BCUT2D eigenvalue weighted by atomic mass is 35.5. The average molecular weight is 532 g/mol. The number of anilines is 2. The van der Waals surface area contributed by atoms with Crippen molar-refractivity contribution in [2.45, 2.75) is 23.2 Å². The second-order valence-corrected chi connectivity index (χ2v) is 8.49. The molecule has 2 aromatic heterocycles. The molecule has 188 valence electrons. The van der Waals surface area contributed by atoms with Gasteiger partial charge < -0.3 is 36.0 Å². The number of nitrogens with zero attached hydrogens (tertiary/aromatic N) is 4. The van der Waals surface area contributed by atoms with Crippen LogP contribution in [0, 0.1) is 11.6 Å². The van der Waals surface area contributed by atoms with Crippen LogP contribution in [0.2, 0.25) is 5.15 Å². The molecule has 2 aliphatic heterocycles. The number of aliphatic imine (C=N–C) groups is 1. The first-order chi connectivity index (χ1) is 17.1. The van der Waals surface area contributed by atoms with Crippen LogP contribution >= 0.6 is 11.6 Å². The predicted octanol–water partition coefficient (Wildman–Crippen LogP) is -1.35. The van der Waals surface area contributed by atoms with Crippen molar-refractivity contribution in [3.63, 3.8) is 0 Å². The Morgan fingerprint density at radius 1 is 1.05 bits per heavy atom. The lowest BCUT2D eigenvalue weighted by atomic mass is 9.78. The lowest BCUT2D eigenvalue weighted by Gasteiger charge is -2.59. The summed E-state index contributed by atoms with van der Waals surface area (Å²) in [4.78, 5) is 7.90. The highest BCUT2D eigenvalue weighted by Gasteiger charge is 2.69. The topological polar surface area (TPSA) is 200 Å². The number of rotatable bonds is 2. The Bertz CT molecular complexity index is 1420. The van der Waals surface area contributed by atoms with E-state index in [4.69, 9.17) is 27.3 Å². The SMILES string of the molecule is [B]C1(O)OC(O)(O)C([B])(O)N(c2cc3c(cn2)NC(c2c(F)cccc2F)=Nc2c-3n[nH]c2Cl)C1(O)O. The number of aromatic amines is 1. The van der Waals surface area contributed by atoms with Crippen molar-refractivity contribution in [3.05, 3.63) is 52.8 Å². The number of hydrogen-bond donors (Lipinski definition) is 8. The van der Waals surface area contributed by atoms with Crippen LogP contribution in [-0.2, 0) is 4.74 Å². The first kappa shape index (κ1) is 25.5. The molecular weight excluding hydrogens is 519 g/mol. The van der Waals surface area contributed by atoms with E-state index in [0.717, 1.165) is 30.5 Å². The average Bonchev–Trinajstić information content (AvgIpc) is 3.03. The number of amidine groups is 1. The third kappa shape index (κ3) is 3.63. The minimum atomic E-state index is -3.88. The molecule has 1 saturated heterocycles. The highest BCUT2D eigenvalue weighted by molar-refractivity contribution is 6.33. The third-order valence-corrected chi connectivity index (χ3v) is 5.92. The lowest BCUT2D eigenvalue weighted by Crippen LogP contribution is -2.85. The van der Waals surface area contributed by atoms with Crippen LogP contribution in [0.3, 0.4) is 0 Å². The summed E-state index contributed by atoms with van der Waals surface area (Å²) in [6.45, 7) is 0. The summed E-state index contributed by atoms with van der Waals surface area (Å²) < 4.78 is 33.3. The summed E-state index contributed by atoms with van der Waals surface area (Å²) in [6, 6.07) is 4.11. The van der Waals surface area contributed by atoms with Gasteiger partial charge in [-0.15, -0.1) is 0 Å². The van der Waals surface area contributed by atoms with Gasteiger partial charge in [0.2, 0.25) is 0 Å². The maximum atomic E-state index is 14.5. The molecule has 1 aromatic carbocycles. The number of aliphatic hydroxyl groups is 6. The molecule has 2 aliphatic rings. The Hall–Kier alpha value is -3.15. The van der Waals surface area contributed by atoms with Crippen molar-refractivity contribution in [3.8, 4) is 11.3 Å². The van der Waals surface area contributed by atoms with Crippen molar-refractivity contribution in [1.82, 2.24) is 15.2 Å². The molecule has 18 heteroatoms. The van der Waals surface area contributed by atoms with Crippen molar-refractivity contribution >= 4 is 50.3 Å². The largest absolute Gasteiger partial charge is 0.372 e. The Morgan fingerprint density at radius 2 is 1.70 bits per heavy atom. The van der Waals surface area contributed by atoms with E-state index in [-0.39, 0.29) is 38.5 Å². The van der Waals surface area contributed by atoms with Crippen molar-refractivity contribution in [2.75, 3.05) is 10.2 Å². The number of halogens is 3. The number of ether oxygens (including phenoxy) is 1. The van der Waals surface area contributed by atoms with E-state index in [2.05, 4.69) is 30.2 Å². The molecule has 0 spiro atoms. The van der Waals surface area contributed by atoms with Gasteiger partial charge in [-0.1, -0.05) is 17.7 Å². The van der Waals surface area contributed by atoms with Gasteiger partial charge in [0.25, 0.3) is 5.91 Å². The van der Waals surface area contributed by atoms with E-state index in [9.17, 15) is 39.4 Å². The highest BCUT2D eigenvalue weighted by Crippen LogP contribution is 2.46. The summed E-state index contributed by atoms with van der Waals surface area (Å²) in [7, 11) is 10.8. The normalized spacial score (nSPS) is 26.0. The number of fused-ring (bicyclic) bond motifs is 3. The molecule has 1 fully saturated rings. The fourth-order valence-electron chi connectivity index (χ4n) is 3.82. The van der Waals surface area contributed by atoms with E-state index in [1.54, 1.807) is 0 Å². The Morgan fingerprint density at radius 3 is 2.35 bits per heavy atom. The molecule has 2 unspecified atom stereocenters. The van der Waals surface area contributed by atoms with Gasteiger partial charge in [0.15, 0.2) is 32.2 Å². The van der Waals surface area contributed by atoms with Gasteiger partial charge in [-0.25, -0.2) is 18.8 Å². The molecule has 0 saturated carbocycles. The Labute approximate surface area is 212 Å². The van der Waals surface area contributed by atoms with E-state index in [1.165, 1.54) is 0 Å². The summed E-state index contributed by atoms with van der Waals surface area (Å²) in [6.07, 6.45) is 0.963. The Balaban J connectivity index is 1.71. The zero-order valence-electron chi connectivity index (χ0n) is 18.1. The van der Waals surface area contributed by atoms with E-state index in [0.29, 0.717) is 0 Å². The summed E-state index contributed by atoms with van der Waals surface area (Å²) >= 11 is 6.14. The molecule has 3 aromatic rings. The minimum absolute atomic E-state index is 0.00959. The number of pyridine rings is 1. The monoisotopic (exact) mass is 532 g/mol. The number of aromatic nitrogens is 3. The third-order valence-electron chi connectivity index (χ3n) is 5.66. The van der Waals surface area contributed by atoms with Gasteiger partial charge in [0.1, 0.15) is 34.7 Å². The van der Waals surface area contributed by atoms with Crippen molar-refractivity contribution < 1.29 is 44.2 Å². The molecule has 13 nitrogen and oxygen atoms in total. The van der Waals surface area contributed by atoms with Crippen LogP contribution in [0.5, 0.6) is 0 Å². The number of nitrogens with one attached hydrogen (secondary N) is 2. The zero-order chi connectivity index (χ0) is 27.1. The molecule has 4 heterocycles. The van der Waals surface area contributed by atoms with Gasteiger partial charge in [-0.05, 0) is 18.2 Å². The summed E-state index contributed by atoms with van der Waals surface area (Å²) in [5, 5.41) is 70.8. The maximum absolute atomic E-state index is 14.5. The summed E-state index contributed by atoms with van der Waals surface area (Å²) in [5.41, 5.74) is -7.99. The van der Waals surface area contributed by atoms with Gasteiger partial charge in [-0.2, -0.15) is 5.10 Å². The fraction of sp³-hybridized carbons (Fsp3) is 0.211. The van der Waals surface area contributed by atoms with E-state index >= 15 is 0 Å². The van der Waals surface area contributed by atoms with E-state index in [1.807, 2.05) is 0 Å². The van der Waals surface area contributed by atoms with Gasteiger partial charge >= 0.3 is 5.97 Å². The van der Waals surface area contributed by atoms with Crippen LogP contribution in [-0.4, -0.2) is 90.5 Å². The minimum Gasteiger partial charge on any atom is -0.372 e. The maximum Gasteiger partial charge on any atom is 0.320 e. The molecule has 37 heavy (non-hydrogen) atoms. The van der Waals surface area contributed by atoms with Gasteiger partial charge in [-0.3, -0.25) is 14.7 Å². The van der Waals surface area contributed by atoms with Crippen molar-refractivity contribution in [2.24, 2.45) is 4.99 Å². The molecule has 0 bridgehead atoms. The molecule has 0 amide bonds. The second-order valence-electron chi connectivity index (χ2n) is 8.11. The van der Waals surface area contributed by atoms with Crippen LogP contribution in [0.1, 0.15) is 5.56 Å². The van der Waals surface area contributed by atoms with Crippen molar-refractivity contribution in [1.29, 1.82) is 0 Å². The van der Waals surface area contributed by atoms with Gasteiger partial charge in [0, 0.05) is 5.56 Å². The molecule has 5 rings (SSSR count). The molecule has 4 radical (unpaired) electrons. The molecular formula is C19H13B2ClF2N6O7. The second kappa shape index (κ2) is 7.92. The van der Waals surface area contributed by atoms with Gasteiger partial charge in [0.05, 0.1) is 17.4 Å². The molecule has 2 atom stereocenters. The fourth-order valence-corrected chi connectivity index (χ4v) is 3.99. The molecule has 8 N–H and O–H groups in total. The number of morpholine rings is 1. The lowest BCUT2D eigenvalue weighted by molar-refractivity contribution is -0.504. The van der Waals surface area contributed by atoms with Crippen LogP contribution in [0.4, 0.5) is 26.0 Å². The van der Waals surface area contributed by atoms with Crippen LogP contribution in [0.25, 0.3) is 11.3 Å². The number of hydrogen-bond acceptors (Lipinski definition) is 12. The standard InChI is InChI=1S/C19H13B2ClF2N6O7/c20-16(31)19(35,36)37-17(21,32)18(33,34)30(16)10-4-6-9(5-25-10)26-15(11-7(23)2-1-3-8(11)24)27-13-12(6)28-29-14(13)22/h1-5,31-36H,(H,26,27)(H,28,29). The quantitative estimate of drug-likeness (QED) is 0.143. The molecule has 0 aliphatic carbocycles. The number of benzene rings is 1. The zero-order valence-corrected chi connectivity index (χ0v) is 18.8. The van der Waals surface area contributed by atoms with Crippen LogP contribution in [0.15, 0.2) is 35.5 Å². The number of H-pyrrole nitrogens is 1.